The van der Waals surface area contributed by atoms with Crippen molar-refractivity contribution in [2.45, 2.75) is 19.9 Å². The predicted octanol–water partition coefficient (Wildman–Crippen LogP) is 3.82. The highest BCUT2D eigenvalue weighted by atomic mass is 127. The molecule has 0 saturated carbocycles. The molecule has 0 amide bonds. The van der Waals surface area contributed by atoms with E-state index in [1.54, 1.807) is 12.4 Å². The van der Waals surface area contributed by atoms with Crippen molar-refractivity contribution in [2.24, 2.45) is 0 Å². The molecule has 3 rings (SSSR count). The van der Waals surface area contributed by atoms with Crippen LogP contribution in [0.3, 0.4) is 0 Å². The van der Waals surface area contributed by atoms with Crippen LogP contribution in [0.4, 0.5) is 4.39 Å². The van der Waals surface area contributed by atoms with E-state index in [0.29, 0.717) is 0 Å². The Bertz CT molecular complexity index is 782. The van der Waals surface area contributed by atoms with E-state index in [0.717, 1.165) is 26.0 Å². The molecule has 0 atom stereocenters. The Labute approximate surface area is 129 Å². The Morgan fingerprint density at radius 2 is 2.00 bits per heavy atom. The average molecular weight is 382 g/mol. The number of benzene rings is 1. The molecule has 4 nitrogen and oxygen atoms in total. The second-order valence-electron chi connectivity index (χ2n) is 4.76. The van der Waals surface area contributed by atoms with E-state index in [1.807, 2.05) is 4.57 Å². The van der Waals surface area contributed by atoms with Crippen LogP contribution < -0.4 is 0 Å². The lowest BCUT2D eigenvalue weighted by Gasteiger charge is -2.08. The van der Waals surface area contributed by atoms with E-state index in [-0.39, 0.29) is 11.9 Å². The summed E-state index contributed by atoms with van der Waals surface area (Å²) < 4.78 is 16.0. The molecule has 0 aliphatic heterocycles. The third-order valence-corrected chi connectivity index (χ3v) is 3.99. The van der Waals surface area contributed by atoms with Crippen LogP contribution in [-0.2, 0) is 0 Å². The highest BCUT2D eigenvalue weighted by molar-refractivity contribution is 14.1. The molecule has 0 aliphatic carbocycles. The summed E-state index contributed by atoms with van der Waals surface area (Å²) >= 11 is 2.11. The second-order valence-corrected chi connectivity index (χ2v) is 5.93. The van der Waals surface area contributed by atoms with Crippen LogP contribution in [-0.4, -0.2) is 19.5 Å². The summed E-state index contributed by atoms with van der Waals surface area (Å²) in [5.41, 5.74) is 3.14. The second kappa shape index (κ2) is 5.08. The molecule has 0 unspecified atom stereocenters. The molecular formula is C14H12FIN4. The first-order chi connectivity index (χ1) is 9.58. The largest absolute Gasteiger partial charge is 0.313 e. The summed E-state index contributed by atoms with van der Waals surface area (Å²) in [6.45, 7) is 4.15. The number of aromatic nitrogens is 4. The van der Waals surface area contributed by atoms with Gasteiger partial charge >= 0.3 is 0 Å². The van der Waals surface area contributed by atoms with Gasteiger partial charge in [-0.15, -0.1) is 0 Å². The molecule has 0 radical (unpaired) electrons. The highest BCUT2D eigenvalue weighted by Crippen LogP contribution is 2.29. The Morgan fingerprint density at radius 3 is 2.70 bits per heavy atom. The Hall–Kier alpha value is -1.57. The van der Waals surface area contributed by atoms with Crippen molar-refractivity contribution in [1.29, 1.82) is 0 Å². The molecule has 0 spiro atoms. The van der Waals surface area contributed by atoms with Gasteiger partial charge < -0.3 is 4.57 Å². The number of halogens is 2. The zero-order chi connectivity index (χ0) is 14.3. The van der Waals surface area contributed by atoms with E-state index in [1.165, 1.54) is 18.5 Å². The van der Waals surface area contributed by atoms with Crippen LogP contribution in [0.2, 0.25) is 0 Å². The van der Waals surface area contributed by atoms with E-state index in [4.69, 9.17) is 0 Å². The van der Waals surface area contributed by atoms with E-state index < -0.39 is 0 Å². The van der Waals surface area contributed by atoms with Gasteiger partial charge in [0, 0.05) is 15.2 Å². The molecule has 102 valence electrons. The summed E-state index contributed by atoms with van der Waals surface area (Å²) in [5.74, 6) is -0.254. The minimum absolute atomic E-state index is 0.254. The molecular weight excluding hydrogens is 370 g/mol. The number of hydrogen-bond donors (Lipinski definition) is 0. The van der Waals surface area contributed by atoms with Crippen LogP contribution in [0, 0.1) is 9.39 Å². The third-order valence-electron chi connectivity index (χ3n) is 3.10. The molecule has 3 aromatic rings. The molecule has 0 aliphatic rings. The molecule has 0 saturated heterocycles. The zero-order valence-electron chi connectivity index (χ0n) is 11.0. The van der Waals surface area contributed by atoms with Crippen molar-refractivity contribution in [2.75, 3.05) is 0 Å². The molecule has 0 N–H and O–H groups in total. The van der Waals surface area contributed by atoms with Crippen LogP contribution in [0.25, 0.3) is 22.4 Å². The van der Waals surface area contributed by atoms with Gasteiger partial charge in [0.15, 0.2) is 5.65 Å². The monoisotopic (exact) mass is 382 g/mol. The molecule has 0 fully saturated rings. The van der Waals surface area contributed by atoms with E-state index >= 15 is 0 Å². The fourth-order valence-electron chi connectivity index (χ4n) is 2.11. The summed E-state index contributed by atoms with van der Waals surface area (Å²) in [4.78, 5) is 13.1. The van der Waals surface area contributed by atoms with Crippen LogP contribution in [0.1, 0.15) is 19.9 Å². The first-order valence-electron chi connectivity index (χ1n) is 6.21. The standard InChI is InChI=1S/C14H12FIN4/c1-8(2)20-7-19-13-12(17-6-18-14(13)20)10-4-3-9(15)5-11(10)16/h3-8H,1-2H3. The van der Waals surface area contributed by atoms with Gasteiger partial charge in [-0.25, -0.2) is 19.3 Å². The molecule has 6 heteroatoms. The smallest absolute Gasteiger partial charge is 0.164 e. The number of hydrogen-bond acceptors (Lipinski definition) is 3. The van der Waals surface area contributed by atoms with Gasteiger partial charge in [-0.1, -0.05) is 0 Å². The maximum Gasteiger partial charge on any atom is 0.164 e. The quantitative estimate of drug-likeness (QED) is 0.633. The summed E-state index contributed by atoms with van der Waals surface area (Å²) in [6, 6.07) is 4.93. The van der Waals surface area contributed by atoms with Crippen molar-refractivity contribution in [3.05, 3.63) is 40.2 Å². The maximum atomic E-state index is 13.2. The van der Waals surface area contributed by atoms with Crippen molar-refractivity contribution < 1.29 is 4.39 Å². The highest BCUT2D eigenvalue weighted by Gasteiger charge is 2.15. The van der Waals surface area contributed by atoms with Crippen LogP contribution in [0.5, 0.6) is 0 Å². The maximum absolute atomic E-state index is 13.2. The van der Waals surface area contributed by atoms with Gasteiger partial charge in [-0.3, -0.25) is 0 Å². The first-order valence-corrected chi connectivity index (χ1v) is 7.28. The fourth-order valence-corrected chi connectivity index (χ4v) is 2.84. The molecule has 2 aromatic heterocycles. The first kappa shape index (κ1) is 13.4. The SMILES string of the molecule is CC(C)n1cnc2c(-c3ccc(F)cc3I)ncnc21. The van der Waals surface area contributed by atoms with Crippen molar-refractivity contribution >= 4 is 33.8 Å². The van der Waals surface area contributed by atoms with E-state index in [2.05, 4.69) is 51.4 Å². The third kappa shape index (κ3) is 2.17. The summed E-state index contributed by atoms with van der Waals surface area (Å²) in [7, 11) is 0. The van der Waals surface area contributed by atoms with Crippen molar-refractivity contribution in [3.63, 3.8) is 0 Å². The van der Waals surface area contributed by atoms with Crippen molar-refractivity contribution in [3.8, 4) is 11.3 Å². The van der Waals surface area contributed by atoms with Gasteiger partial charge in [0.2, 0.25) is 0 Å². The number of imidazole rings is 1. The lowest BCUT2D eigenvalue weighted by Crippen LogP contribution is -2.00. The van der Waals surface area contributed by atoms with Gasteiger partial charge in [-0.2, -0.15) is 0 Å². The molecule has 20 heavy (non-hydrogen) atoms. The lowest BCUT2D eigenvalue weighted by molar-refractivity contribution is 0.612. The summed E-state index contributed by atoms with van der Waals surface area (Å²) in [5, 5.41) is 0. The normalized spacial score (nSPS) is 11.4. The van der Waals surface area contributed by atoms with Crippen LogP contribution in [0.15, 0.2) is 30.9 Å². The number of nitrogens with zero attached hydrogens (tertiary/aromatic N) is 4. The zero-order valence-corrected chi connectivity index (χ0v) is 13.2. The average Bonchev–Trinajstić information content (AvgIpc) is 2.82. The van der Waals surface area contributed by atoms with Crippen LogP contribution >= 0.6 is 22.6 Å². The Balaban J connectivity index is 2.26. The molecule has 1 aromatic carbocycles. The van der Waals surface area contributed by atoms with E-state index in [9.17, 15) is 4.39 Å². The van der Waals surface area contributed by atoms with Gasteiger partial charge in [-0.05, 0) is 54.6 Å². The Kier molecular flexibility index (Phi) is 3.41. The topological polar surface area (TPSA) is 43.6 Å². The molecule has 0 bridgehead atoms. The van der Waals surface area contributed by atoms with Gasteiger partial charge in [0.1, 0.15) is 23.4 Å². The summed E-state index contributed by atoms with van der Waals surface area (Å²) in [6.07, 6.45) is 3.29. The minimum Gasteiger partial charge on any atom is -0.313 e. The van der Waals surface area contributed by atoms with Gasteiger partial charge in [0.25, 0.3) is 0 Å². The predicted molar refractivity (Wildman–Crippen MR) is 83.8 cm³/mol. The number of fused-ring (bicyclic) bond motifs is 1. The van der Waals surface area contributed by atoms with Gasteiger partial charge in [0.05, 0.1) is 6.33 Å². The van der Waals surface area contributed by atoms with Crippen molar-refractivity contribution in [1.82, 2.24) is 19.5 Å². The Morgan fingerprint density at radius 1 is 1.20 bits per heavy atom. The molecule has 2 heterocycles. The minimum atomic E-state index is -0.254. The fraction of sp³-hybridized carbons (Fsp3) is 0.214. The number of rotatable bonds is 2. The lowest BCUT2D eigenvalue weighted by atomic mass is 10.1.